The van der Waals surface area contributed by atoms with Crippen LogP contribution >= 0.6 is 0 Å². The first-order valence-corrected chi connectivity index (χ1v) is 14.8. The van der Waals surface area contributed by atoms with E-state index in [9.17, 15) is 13.2 Å². The predicted octanol–water partition coefficient (Wildman–Crippen LogP) is 7.27. The molecule has 0 unspecified atom stereocenters. The van der Waals surface area contributed by atoms with Crippen LogP contribution in [0, 0.1) is 0 Å². The molecule has 5 nitrogen and oxygen atoms in total. The molecule has 1 saturated heterocycles. The highest BCUT2D eigenvalue weighted by Gasteiger charge is 2.60. The van der Waals surface area contributed by atoms with E-state index < -0.39 is 10.1 Å². The molecule has 1 heterocycles. The molecule has 0 bridgehead atoms. The molecule has 0 N–H and O–H groups in total. The van der Waals surface area contributed by atoms with E-state index in [4.69, 9.17) is 4.18 Å². The molecule has 1 aliphatic heterocycles. The van der Waals surface area contributed by atoms with Gasteiger partial charge in [0.2, 0.25) is 5.91 Å². The summed E-state index contributed by atoms with van der Waals surface area (Å²) in [7, 11) is -3.54. The van der Waals surface area contributed by atoms with Crippen LogP contribution in [0.3, 0.4) is 0 Å². The minimum atomic E-state index is -3.54. The van der Waals surface area contributed by atoms with Crippen LogP contribution in [-0.4, -0.2) is 43.7 Å². The highest BCUT2D eigenvalue weighted by Crippen LogP contribution is 2.45. The summed E-state index contributed by atoms with van der Waals surface area (Å²) in [5, 5.41) is 0. The second-order valence-corrected chi connectivity index (χ2v) is 12.4. The van der Waals surface area contributed by atoms with E-state index in [1.54, 1.807) is 0 Å². The molecular formula is C29H49NO4S. The quantitative estimate of drug-likeness (QED) is 0.0954. The van der Waals surface area contributed by atoms with E-state index in [-0.39, 0.29) is 24.1 Å². The van der Waals surface area contributed by atoms with Crippen molar-refractivity contribution in [3.8, 4) is 0 Å². The maximum absolute atomic E-state index is 13.0. The van der Waals surface area contributed by atoms with E-state index in [0.29, 0.717) is 6.42 Å². The van der Waals surface area contributed by atoms with Crippen LogP contribution in [-0.2, 0) is 19.1 Å². The van der Waals surface area contributed by atoms with E-state index in [0.717, 1.165) is 57.6 Å². The molecule has 35 heavy (non-hydrogen) atoms. The van der Waals surface area contributed by atoms with Gasteiger partial charge in [0.25, 0.3) is 10.1 Å². The van der Waals surface area contributed by atoms with Gasteiger partial charge in [-0.15, -0.1) is 0 Å². The maximum atomic E-state index is 13.0. The van der Waals surface area contributed by atoms with Crippen molar-refractivity contribution in [1.82, 2.24) is 4.90 Å². The number of carbonyl (C=O) groups excluding carboxylic acids is 1. The van der Waals surface area contributed by atoms with Gasteiger partial charge in [0.05, 0.1) is 24.4 Å². The van der Waals surface area contributed by atoms with Gasteiger partial charge < -0.3 is 4.90 Å². The first kappa shape index (κ1) is 31.4. The number of rotatable bonds is 16. The molecule has 0 aromatic carbocycles. The Morgan fingerprint density at radius 1 is 0.829 bits per heavy atom. The SMILES string of the molecule is CC(C)=CCC/C(C)=C/CCCC(=O)N1[C@@H](COS(C)(=O)=O)[C@]1(C)CC/C=C(\C)CCC=C(C)C. The second kappa shape index (κ2) is 14.8. The van der Waals surface area contributed by atoms with Crippen molar-refractivity contribution < 1.29 is 17.4 Å². The number of allylic oxidation sites excluding steroid dienone is 8. The van der Waals surface area contributed by atoms with Crippen molar-refractivity contribution in [2.24, 2.45) is 0 Å². The van der Waals surface area contributed by atoms with Gasteiger partial charge in [-0.05, 0) is 99.8 Å². The molecule has 6 heteroatoms. The van der Waals surface area contributed by atoms with Crippen LogP contribution in [0.1, 0.15) is 106 Å². The molecule has 1 fully saturated rings. The van der Waals surface area contributed by atoms with Crippen LogP contribution in [0.25, 0.3) is 0 Å². The van der Waals surface area contributed by atoms with E-state index >= 15 is 0 Å². The van der Waals surface area contributed by atoms with E-state index in [1.165, 1.54) is 22.3 Å². The van der Waals surface area contributed by atoms with Gasteiger partial charge in [-0.1, -0.05) is 46.6 Å². The van der Waals surface area contributed by atoms with Crippen LogP contribution in [0.15, 0.2) is 46.6 Å². The van der Waals surface area contributed by atoms with Crippen LogP contribution < -0.4 is 0 Å². The number of nitrogens with zero attached hydrogens (tertiary/aromatic N) is 1. The van der Waals surface area contributed by atoms with E-state index in [1.807, 2.05) is 4.90 Å². The monoisotopic (exact) mass is 507 g/mol. The molecule has 0 spiro atoms. The molecule has 0 aliphatic carbocycles. The van der Waals surface area contributed by atoms with Crippen LogP contribution in [0.5, 0.6) is 0 Å². The third-order valence-corrected chi connectivity index (χ3v) is 7.20. The zero-order valence-electron chi connectivity index (χ0n) is 23.4. The number of hydrogen-bond donors (Lipinski definition) is 0. The Morgan fingerprint density at radius 2 is 1.34 bits per heavy atom. The summed E-state index contributed by atoms with van der Waals surface area (Å²) >= 11 is 0. The molecule has 0 saturated carbocycles. The number of hydrogen-bond acceptors (Lipinski definition) is 4. The summed E-state index contributed by atoms with van der Waals surface area (Å²) in [5.74, 6) is 0.0921. The molecule has 1 amide bonds. The second-order valence-electron chi connectivity index (χ2n) is 10.8. The Morgan fingerprint density at radius 3 is 1.83 bits per heavy atom. The van der Waals surface area contributed by atoms with Gasteiger partial charge in [-0.2, -0.15) is 8.42 Å². The summed E-state index contributed by atoms with van der Waals surface area (Å²) in [6, 6.07) is -0.189. The summed E-state index contributed by atoms with van der Waals surface area (Å²) in [5.41, 5.74) is 5.03. The van der Waals surface area contributed by atoms with Crippen molar-refractivity contribution in [3.05, 3.63) is 46.6 Å². The van der Waals surface area contributed by atoms with Gasteiger partial charge >= 0.3 is 0 Å². The smallest absolute Gasteiger partial charge is 0.264 e. The van der Waals surface area contributed by atoms with Gasteiger partial charge in [0, 0.05) is 6.42 Å². The van der Waals surface area contributed by atoms with E-state index in [2.05, 4.69) is 72.8 Å². The van der Waals surface area contributed by atoms with Crippen molar-refractivity contribution in [3.63, 3.8) is 0 Å². The van der Waals surface area contributed by atoms with Gasteiger partial charge in [-0.3, -0.25) is 8.98 Å². The number of unbranched alkanes of at least 4 members (excludes halogenated alkanes) is 1. The lowest BCUT2D eigenvalue weighted by Crippen LogP contribution is -2.20. The van der Waals surface area contributed by atoms with Gasteiger partial charge in [0.15, 0.2) is 0 Å². The molecule has 2 atom stereocenters. The Bertz CT molecular complexity index is 918. The zero-order valence-corrected chi connectivity index (χ0v) is 24.3. The Labute approximate surface area is 215 Å². The maximum Gasteiger partial charge on any atom is 0.264 e. The lowest BCUT2D eigenvalue weighted by molar-refractivity contribution is -0.127. The third kappa shape index (κ3) is 12.7. The average Bonchev–Trinajstić information content (AvgIpc) is 3.32. The minimum Gasteiger partial charge on any atom is -0.327 e. The summed E-state index contributed by atoms with van der Waals surface area (Å²) in [4.78, 5) is 14.9. The molecule has 200 valence electrons. The first-order valence-electron chi connectivity index (χ1n) is 13.0. The normalized spacial score (nSPS) is 20.6. The largest absolute Gasteiger partial charge is 0.327 e. The summed E-state index contributed by atoms with van der Waals surface area (Å²) < 4.78 is 28.2. The zero-order chi connectivity index (χ0) is 26.6. The molecular weight excluding hydrogens is 458 g/mol. The van der Waals surface area contributed by atoms with Crippen molar-refractivity contribution >= 4 is 16.0 Å². The number of amides is 1. The van der Waals surface area contributed by atoms with Gasteiger partial charge in [0.1, 0.15) is 0 Å². The van der Waals surface area contributed by atoms with Crippen LogP contribution in [0.2, 0.25) is 0 Å². The average molecular weight is 508 g/mol. The topological polar surface area (TPSA) is 63.4 Å². The Kier molecular flexibility index (Phi) is 13.3. The van der Waals surface area contributed by atoms with Crippen molar-refractivity contribution in [2.75, 3.05) is 12.9 Å². The summed E-state index contributed by atoms with van der Waals surface area (Å²) in [6.45, 7) is 14.8. The minimum absolute atomic E-state index is 0.0354. The molecule has 0 radical (unpaired) electrons. The van der Waals surface area contributed by atoms with Crippen LogP contribution in [0.4, 0.5) is 0 Å². The number of carbonyl (C=O) groups is 1. The third-order valence-electron chi connectivity index (χ3n) is 6.63. The van der Waals surface area contributed by atoms with Crippen molar-refractivity contribution in [2.45, 2.75) is 118 Å². The fraction of sp³-hybridized carbons (Fsp3) is 0.690. The standard InChI is InChI=1S/C29H49NO4S/c1-23(2)14-11-17-25(5)16-9-10-20-28(31)30-27(22-34-35(8,32)33)29(30,7)21-13-19-26(6)18-12-15-24(3)4/h14-16,19,27H,9-13,17-18,20-22H2,1-8H3/b25-16+,26-19+/t27-,29-,30?/m0/s1. The molecule has 0 aromatic heterocycles. The molecule has 0 aromatic rings. The predicted molar refractivity (Wildman–Crippen MR) is 148 cm³/mol. The first-order chi connectivity index (χ1) is 16.3. The summed E-state index contributed by atoms with van der Waals surface area (Å²) in [6.07, 6.45) is 18.1. The molecule has 1 aliphatic rings. The highest BCUT2D eigenvalue weighted by atomic mass is 32.2. The lowest BCUT2D eigenvalue weighted by atomic mass is 9.99. The fourth-order valence-corrected chi connectivity index (χ4v) is 4.78. The highest BCUT2D eigenvalue weighted by molar-refractivity contribution is 7.85. The van der Waals surface area contributed by atoms with Crippen molar-refractivity contribution in [1.29, 1.82) is 0 Å². The van der Waals surface area contributed by atoms with Gasteiger partial charge in [-0.25, -0.2) is 0 Å². The Balaban J connectivity index is 2.64. The Hall–Kier alpha value is -1.66. The lowest BCUT2D eigenvalue weighted by Gasteiger charge is -2.11. The molecule has 1 rings (SSSR count). The fourth-order valence-electron chi connectivity index (χ4n) is 4.41.